The van der Waals surface area contributed by atoms with Crippen LogP contribution in [-0.2, 0) is 22.4 Å². The Hall–Kier alpha value is -5.11. The van der Waals surface area contributed by atoms with Crippen molar-refractivity contribution in [1.29, 1.82) is 5.26 Å². The summed E-state index contributed by atoms with van der Waals surface area (Å²) in [5, 5.41) is 19.5. The molecule has 1 aliphatic rings. The van der Waals surface area contributed by atoms with Crippen molar-refractivity contribution < 1.29 is 14.4 Å². The number of hydrogen-bond acceptors (Lipinski definition) is 6. The number of aromatic nitrogens is 1. The number of para-hydroxylation sites is 1. The minimum Gasteiger partial charge on any atom is -0.361 e. The third kappa shape index (κ3) is 6.91. The summed E-state index contributed by atoms with van der Waals surface area (Å²) in [7, 11) is 0. The zero-order chi connectivity index (χ0) is 32.0. The zero-order valence-corrected chi connectivity index (χ0v) is 26.7. The molecule has 3 aromatic carbocycles. The molecule has 1 unspecified atom stereocenters. The van der Waals surface area contributed by atoms with E-state index in [1.54, 1.807) is 54.7 Å². The lowest BCUT2D eigenvalue weighted by Crippen LogP contribution is -2.30. The van der Waals surface area contributed by atoms with Crippen molar-refractivity contribution in [3.8, 4) is 6.07 Å². The van der Waals surface area contributed by atoms with Crippen molar-refractivity contribution in [3.05, 3.63) is 118 Å². The molecule has 10 heteroatoms. The van der Waals surface area contributed by atoms with Crippen LogP contribution < -0.4 is 16.0 Å². The zero-order valence-electron chi connectivity index (χ0n) is 25.1. The average molecular weight is 646 g/mol. The number of carbonyl (C=O) groups is 3. The summed E-state index contributed by atoms with van der Waals surface area (Å²) in [6.45, 7) is 1.81. The SMILES string of the molecule is CC(Sc1cccc(NC(=O)/C(=C/c2c[nH]c3ccccc23)NC(=O)c2ccccc2)c1)C(=O)Nc1sc2c(c1C#N)CCCC2. The summed E-state index contributed by atoms with van der Waals surface area (Å²) in [5.74, 6) is -1.09. The molecule has 6 rings (SSSR count). The Kier molecular flexibility index (Phi) is 9.33. The van der Waals surface area contributed by atoms with Crippen molar-refractivity contribution in [2.24, 2.45) is 0 Å². The van der Waals surface area contributed by atoms with Gasteiger partial charge in [-0.2, -0.15) is 5.26 Å². The summed E-state index contributed by atoms with van der Waals surface area (Å²) in [6, 6.07) is 25.9. The van der Waals surface area contributed by atoms with E-state index in [2.05, 4.69) is 27.0 Å². The van der Waals surface area contributed by atoms with E-state index in [0.717, 1.165) is 52.6 Å². The Morgan fingerprint density at radius 2 is 1.76 bits per heavy atom. The second kappa shape index (κ2) is 13.9. The number of H-pyrrole nitrogens is 1. The van der Waals surface area contributed by atoms with Crippen LogP contribution in [0.25, 0.3) is 17.0 Å². The minimum absolute atomic E-state index is 0.0800. The Morgan fingerprint density at radius 3 is 2.59 bits per heavy atom. The highest BCUT2D eigenvalue weighted by molar-refractivity contribution is 8.00. The largest absolute Gasteiger partial charge is 0.361 e. The fourth-order valence-corrected chi connectivity index (χ4v) is 7.57. The fourth-order valence-electron chi connectivity index (χ4n) is 5.40. The number of nitriles is 1. The first-order valence-corrected chi connectivity index (χ1v) is 16.7. The highest BCUT2D eigenvalue weighted by Crippen LogP contribution is 2.38. The van der Waals surface area contributed by atoms with Gasteiger partial charge in [0.15, 0.2) is 0 Å². The Labute approximate surface area is 274 Å². The number of thioether (sulfide) groups is 1. The number of nitrogens with one attached hydrogen (secondary N) is 4. The number of amides is 3. The summed E-state index contributed by atoms with van der Waals surface area (Å²) in [5.41, 5.74) is 4.35. The monoisotopic (exact) mass is 645 g/mol. The van der Waals surface area contributed by atoms with Crippen LogP contribution in [0, 0.1) is 11.3 Å². The molecule has 0 radical (unpaired) electrons. The number of fused-ring (bicyclic) bond motifs is 2. The molecule has 0 saturated carbocycles. The van der Waals surface area contributed by atoms with Gasteiger partial charge in [-0.3, -0.25) is 14.4 Å². The number of carbonyl (C=O) groups excluding carboxylic acids is 3. The molecule has 5 aromatic rings. The van der Waals surface area contributed by atoms with E-state index < -0.39 is 17.1 Å². The second-order valence-electron chi connectivity index (χ2n) is 10.9. The van der Waals surface area contributed by atoms with E-state index in [4.69, 9.17) is 0 Å². The van der Waals surface area contributed by atoms with Crippen LogP contribution >= 0.6 is 23.1 Å². The smallest absolute Gasteiger partial charge is 0.272 e. The normalized spacial score (nSPS) is 13.3. The number of thiophene rings is 1. The lowest BCUT2D eigenvalue weighted by atomic mass is 9.96. The van der Waals surface area contributed by atoms with Gasteiger partial charge in [-0.05, 0) is 80.6 Å². The summed E-state index contributed by atoms with van der Waals surface area (Å²) < 4.78 is 0. The van der Waals surface area contributed by atoms with E-state index in [1.165, 1.54) is 28.0 Å². The van der Waals surface area contributed by atoms with Gasteiger partial charge in [0.1, 0.15) is 16.8 Å². The third-order valence-electron chi connectivity index (χ3n) is 7.74. The van der Waals surface area contributed by atoms with Crippen LogP contribution in [0.4, 0.5) is 10.7 Å². The quantitative estimate of drug-likeness (QED) is 0.0975. The first-order valence-electron chi connectivity index (χ1n) is 15.0. The lowest BCUT2D eigenvalue weighted by Gasteiger charge is -2.14. The van der Waals surface area contributed by atoms with Crippen molar-refractivity contribution >= 4 is 68.5 Å². The number of aryl methyl sites for hydroxylation is 1. The van der Waals surface area contributed by atoms with E-state index in [0.29, 0.717) is 21.8 Å². The molecule has 0 fully saturated rings. The number of nitrogens with zero attached hydrogens (tertiary/aromatic N) is 1. The van der Waals surface area contributed by atoms with E-state index in [-0.39, 0.29) is 11.6 Å². The highest BCUT2D eigenvalue weighted by atomic mass is 32.2. The van der Waals surface area contributed by atoms with Gasteiger partial charge in [-0.25, -0.2) is 0 Å². The van der Waals surface area contributed by atoms with Gasteiger partial charge >= 0.3 is 0 Å². The first kappa shape index (κ1) is 30.9. The topological polar surface area (TPSA) is 127 Å². The second-order valence-corrected chi connectivity index (χ2v) is 13.4. The molecule has 1 atom stereocenters. The predicted molar refractivity (Wildman–Crippen MR) is 185 cm³/mol. The van der Waals surface area contributed by atoms with Crippen molar-refractivity contribution in [3.63, 3.8) is 0 Å². The first-order chi connectivity index (χ1) is 22.4. The molecule has 0 spiro atoms. The van der Waals surface area contributed by atoms with Crippen LogP contribution in [0.3, 0.4) is 0 Å². The van der Waals surface area contributed by atoms with Gasteiger partial charge in [-0.1, -0.05) is 42.5 Å². The van der Waals surface area contributed by atoms with E-state index in [1.807, 2.05) is 43.3 Å². The molecule has 46 heavy (non-hydrogen) atoms. The van der Waals surface area contributed by atoms with Crippen molar-refractivity contribution in [1.82, 2.24) is 10.3 Å². The number of anilines is 2. The highest BCUT2D eigenvalue weighted by Gasteiger charge is 2.24. The molecule has 1 aliphatic carbocycles. The third-order valence-corrected chi connectivity index (χ3v) is 10.0. The molecule has 0 aliphatic heterocycles. The molecule has 230 valence electrons. The molecular weight excluding hydrogens is 615 g/mol. The molecule has 0 bridgehead atoms. The van der Waals surface area contributed by atoms with E-state index in [9.17, 15) is 19.6 Å². The maximum absolute atomic E-state index is 13.6. The molecule has 2 aromatic heterocycles. The molecule has 3 amide bonds. The Balaban J connectivity index is 1.18. The number of hydrogen-bond donors (Lipinski definition) is 4. The van der Waals surface area contributed by atoms with Gasteiger partial charge < -0.3 is 20.9 Å². The standard InChI is InChI=1S/C36H31N5O3S2/c1-22(33(42)41-36-29(20-37)28-15-6-8-17-32(28)46-36)45-26-13-9-12-25(19-26)39-35(44)31(40-34(43)23-10-3-2-4-11-23)18-24-21-38-30-16-7-5-14-27(24)30/h2-5,7,9-14,16,18-19,21-22,38H,6,8,15,17H2,1H3,(H,39,44)(H,40,43)(H,41,42)/b31-18-. The van der Waals surface area contributed by atoms with Crippen LogP contribution in [0.2, 0.25) is 0 Å². The summed E-state index contributed by atoms with van der Waals surface area (Å²) in [6.07, 6.45) is 7.43. The number of benzene rings is 3. The van der Waals surface area contributed by atoms with Crippen LogP contribution in [0.1, 0.15) is 51.7 Å². The van der Waals surface area contributed by atoms with Gasteiger partial charge in [0, 0.05) is 43.7 Å². The fraction of sp³-hybridized carbons (Fsp3) is 0.167. The minimum atomic E-state index is -0.492. The molecular formula is C36H31N5O3S2. The lowest BCUT2D eigenvalue weighted by molar-refractivity contribution is -0.115. The summed E-state index contributed by atoms with van der Waals surface area (Å²) in [4.78, 5) is 45.0. The average Bonchev–Trinajstić information content (AvgIpc) is 3.65. The van der Waals surface area contributed by atoms with E-state index >= 15 is 0 Å². The maximum Gasteiger partial charge on any atom is 0.272 e. The van der Waals surface area contributed by atoms with Gasteiger partial charge in [0.25, 0.3) is 11.8 Å². The van der Waals surface area contributed by atoms with Gasteiger partial charge in [0.2, 0.25) is 5.91 Å². The van der Waals surface area contributed by atoms with Gasteiger partial charge in [0.05, 0.1) is 10.8 Å². The van der Waals surface area contributed by atoms with Crippen molar-refractivity contribution in [2.45, 2.75) is 42.8 Å². The number of aromatic amines is 1. The summed E-state index contributed by atoms with van der Waals surface area (Å²) >= 11 is 2.86. The van der Waals surface area contributed by atoms with Crippen LogP contribution in [0.5, 0.6) is 0 Å². The Morgan fingerprint density at radius 1 is 0.978 bits per heavy atom. The Bertz CT molecular complexity index is 2000. The molecule has 4 N–H and O–H groups in total. The van der Waals surface area contributed by atoms with Crippen LogP contribution in [0.15, 0.2) is 95.7 Å². The van der Waals surface area contributed by atoms with Crippen LogP contribution in [-0.4, -0.2) is 28.0 Å². The molecule has 8 nitrogen and oxygen atoms in total. The molecule has 0 saturated heterocycles. The predicted octanol–water partition coefficient (Wildman–Crippen LogP) is 7.51. The van der Waals surface area contributed by atoms with Gasteiger partial charge in [-0.15, -0.1) is 23.1 Å². The maximum atomic E-state index is 13.6. The van der Waals surface area contributed by atoms with Crippen molar-refractivity contribution in [2.75, 3.05) is 10.6 Å². The molecule has 2 heterocycles. The number of rotatable bonds is 9.